The van der Waals surface area contributed by atoms with Crippen molar-refractivity contribution in [3.05, 3.63) is 58.5 Å². The van der Waals surface area contributed by atoms with Crippen LogP contribution in [0.2, 0.25) is 5.02 Å². The number of aryl methyl sites for hydroxylation is 1. The number of furan rings is 1. The Morgan fingerprint density at radius 3 is 2.41 bits per heavy atom. The standard InChI is InChI=1S/C19H26ClNO/c1-14(13-19(3,4)18-10-5-15(2)22-18)21-12-11-16-6-8-17(20)9-7-16/h5-10,14,21H,11-13H2,1-4H3/t14-/m1/s1. The van der Waals surface area contributed by atoms with Crippen molar-refractivity contribution in [3.63, 3.8) is 0 Å². The van der Waals surface area contributed by atoms with Crippen LogP contribution in [0.1, 0.15) is 44.3 Å². The third-order valence-corrected chi connectivity index (χ3v) is 4.30. The molecule has 1 heterocycles. The van der Waals surface area contributed by atoms with Crippen LogP contribution >= 0.6 is 11.6 Å². The third-order valence-electron chi connectivity index (χ3n) is 4.04. The summed E-state index contributed by atoms with van der Waals surface area (Å²) in [5.74, 6) is 2.04. The molecule has 0 spiro atoms. The Balaban J connectivity index is 1.80. The highest BCUT2D eigenvalue weighted by Crippen LogP contribution is 2.29. The lowest BCUT2D eigenvalue weighted by Crippen LogP contribution is -2.34. The molecule has 0 aliphatic heterocycles. The van der Waals surface area contributed by atoms with Crippen LogP contribution < -0.4 is 5.32 Å². The van der Waals surface area contributed by atoms with Crippen LogP contribution in [0.15, 0.2) is 40.8 Å². The summed E-state index contributed by atoms with van der Waals surface area (Å²) in [5, 5.41) is 4.40. The normalized spacial score (nSPS) is 13.3. The predicted molar refractivity (Wildman–Crippen MR) is 93.7 cm³/mol. The van der Waals surface area contributed by atoms with Crippen molar-refractivity contribution in [2.75, 3.05) is 6.54 Å². The summed E-state index contributed by atoms with van der Waals surface area (Å²) in [5.41, 5.74) is 1.35. The van der Waals surface area contributed by atoms with Gasteiger partial charge in [-0.15, -0.1) is 0 Å². The van der Waals surface area contributed by atoms with Gasteiger partial charge in [-0.25, -0.2) is 0 Å². The zero-order chi connectivity index (χ0) is 16.2. The molecule has 22 heavy (non-hydrogen) atoms. The highest BCUT2D eigenvalue weighted by atomic mass is 35.5. The molecule has 120 valence electrons. The van der Waals surface area contributed by atoms with Crippen molar-refractivity contribution in [2.45, 2.75) is 52.0 Å². The van der Waals surface area contributed by atoms with E-state index in [4.69, 9.17) is 16.0 Å². The minimum absolute atomic E-state index is 0.0426. The lowest BCUT2D eigenvalue weighted by Gasteiger charge is -2.26. The first-order valence-corrected chi connectivity index (χ1v) is 8.29. The summed E-state index contributed by atoms with van der Waals surface area (Å²) >= 11 is 5.90. The quantitative estimate of drug-likeness (QED) is 0.765. The van der Waals surface area contributed by atoms with Crippen molar-refractivity contribution >= 4 is 11.6 Å². The SMILES string of the molecule is Cc1ccc(C(C)(C)C[C@@H](C)NCCc2ccc(Cl)cc2)o1. The van der Waals surface area contributed by atoms with Gasteiger partial charge in [0.2, 0.25) is 0 Å². The fraction of sp³-hybridized carbons (Fsp3) is 0.474. The van der Waals surface area contributed by atoms with Gasteiger partial charge in [0.05, 0.1) is 0 Å². The highest BCUT2D eigenvalue weighted by molar-refractivity contribution is 6.30. The first-order valence-electron chi connectivity index (χ1n) is 7.91. The van der Waals surface area contributed by atoms with Gasteiger partial charge in [-0.1, -0.05) is 37.6 Å². The average Bonchev–Trinajstić information content (AvgIpc) is 2.88. The van der Waals surface area contributed by atoms with Gasteiger partial charge in [0.15, 0.2) is 0 Å². The van der Waals surface area contributed by atoms with Crippen LogP contribution in [0, 0.1) is 6.92 Å². The van der Waals surface area contributed by atoms with Crippen molar-refractivity contribution in [1.29, 1.82) is 0 Å². The molecule has 2 rings (SSSR count). The Bertz CT molecular complexity index is 586. The Hall–Kier alpha value is -1.25. The van der Waals surface area contributed by atoms with Gasteiger partial charge >= 0.3 is 0 Å². The molecule has 1 aromatic heterocycles. The van der Waals surface area contributed by atoms with Crippen LogP contribution in [0.3, 0.4) is 0 Å². The molecule has 0 fully saturated rings. The average molecular weight is 320 g/mol. The van der Waals surface area contributed by atoms with Crippen LogP contribution in [0.4, 0.5) is 0 Å². The fourth-order valence-corrected chi connectivity index (χ4v) is 2.98. The monoisotopic (exact) mass is 319 g/mol. The largest absolute Gasteiger partial charge is 0.466 e. The van der Waals surface area contributed by atoms with E-state index >= 15 is 0 Å². The molecule has 0 aliphatic carbocycles. The van der Waals surface area contributed by atoms with Gasteiger partial charge in [0.25, 0.3) is 0 Å². The summed E-state index contributed by atoms with van der Waals surface area (Å²) in [6.45, 7) is 9.67. The maximum atomic E-state index is 5.90. The zero-order valence-corrected chi connectivity index (χ0v) is 14.7. The van der Waals surface area contributed by atoms with Crippen molar-refractivity contribution < 1.29 is 4.42 Å². The van der Waals surface area contributed by atoms with Crippen LogP contribution in [0.5, 0.6) is 0 Å². The smallest absolute Gasteiger partial charge is 0.109 e. The predicted octanol–water partition coefficient (Wildman–Crippen LogP) is 5.13. The topological polar surface area (TPSA) is 25.2 Å². The molecule has 0 radical (unpaired) electrons. The van der Waals surface area contributed by atoms with E-state index in [1.165, 1.54) is 5.56 Å². The van der Waals surface area contributed by atoms with Gasteiger partial charge < -0.3 is 9.73 Å². The number of halogens is 1. The Morgan fingerprint density at radius 1 is 1.14 bits per heavy atom. The first kappa shape index (κ1) is 17.1. The van der Waals surface area contributed by atoms with E-state index in [-0.39, 0.29) is 5.41 Å². The van der Waals surface area contributed by atoms with Crippen molar-refractivity contribution in [1.82, 2.24) is 5.32 Å². The first-order chi connectivity index (χ1) is 10.4. The van der Waals surface area contributed by atoms with Crippen molar-refractivity contribution in [2.24, 2.45) is 0 Å². The van der Waals surface area contributed by atoms with E-state index < -0.39 is 0 Å². The summed E-state index contributed by atoms with van der Waals surface area (Å²) in [6, 6.07) is 12.6. The third kappa shape index (κ3) is 4.89. The molecule has 2 aromatic rings. The highest BCUT2D eigenvalue weighted by Gasteiger charge is 2.26. The number of nitrogens with one attached hydrogen (secondary N) is 1. The lowest BCUT2D eigenvalue weighted by molar-refractivity contribution is 0.320. The minimum atomic E-state index is 0.0426. The fourth-order valence-electron chi connectivity index (χ4n) is 2.85. The number of rotatable bonds is 7. The van der Waals surface area contributed by atoms with Gasteiger partial charge in [-0.2, -0.15) is 0 Å². The molecule has 0 aliphatic rings. The summed E-state index contributed by atoms with van der Waals surface area (Å²) in [4.78, 5) is 0. The molecule has 1 aromatic carbocycles. The molecule has 0 amide bonds. The number of hydrogen-bond acceptors (Lipinski definition) is 2. The molecule has 1 N–H and O–H groups in total. The van der Waals surface area contributed by atoms with Crippen LogP contribution in [0.25, 0.3) is 0 Å². The van der Waals surface area contributed by atoms with Gasteiger partial charge in [-0.3, -0.25) is 0 Å². The maximum Gasteiger partial charge on any atom is 0.109 e. The molecule has 2 nitrogen and oxygen atoms in total. The summed E-state index contributed by atoms with van der Waals surface area (Å²) in [6.07, 6.45) is 2.06. The molecule has 0 saturated carbocycles. The second kappa shape index (κ2) is 7.34. The van der Waals surface area contributed by atoms with E-state index in [9.17, 15) is 0 Å². The van der Waals surface area contributed by atoms with Crippen LogP contribution in [-0.4, -0.2) is 12.6 Å². The zero-order valence-electron chi connectivity index (χ0n) is 13.9. The Kier molecular flexibility index (Phi) is 5.71. The lowest BCUT2D eigenvalue weighted by atomic mass is 9.83. The van der Waals surface area contributed by atoms with E-state index in [2.05, 4.69) is 44.3 Å². The molecular formula is C19H26ClNO. The molecular weight excluding hydrogens is 294 g/mol. The van der Waals surface area contributed by atoms with E-state index in [1.807, 2.05) is 25.1 Å². The van der Waals surface area contributed by atoms with Crippen molar-refractivity contribution in [3.8, 4) is 0 Å². The second-order valence-corrected chi connectivity index (χ2v) is 7.17. The Morgan fingerprint density at radius 2 is 1.82 bits per heavy atom. The van der Waals surface area contributed by atoms with Gasteiger partial charge in [0, 0.05) is 16.5 Å². The maximum absolute atomic E-state index is 5.90. The minimum Gasteiger partial charge on any atom is -0.466 e. The molecule has 0 unspecified atom stereocenters. The Labute approximate surface area is 138 Å². The van der Waals surface area contributed by atoms with Crippen LogP contribution in [-0.2, 0) is 11.8 Å². The molecule has 0 bridgehead atoms. The number of benzene rings is 1. The number of hydrogen-bond donors (Lipinski definition) is 1. The van der Waals surface area contributed by atoms with E-state index in [0.29, 0.717) is 6.04 Å². The van der Waals surface area contributed by atoms with Gasteiger partial charge in [0.1, 0.15) is 11.5 Å². The van der Waals surface area contributed by atoms with E-state index in [1.54, 1.807) is 0 Å². The molecule has 3 heteroatoms. The second-order valence-electron chi connectivity index (χ2n) is 6.73. The summed E-state index contributed by atoms with van der Waals surface area (Å²) < 4.78 is 5.79. The molecule has 1 atom stereocenters. The molecule has 0 saturated heterocycles. The summed E-state index contributed by atoms with van der Waals surface area (Å²) in [7, 11) is 0. The van der Waals surface area contributed by atoms with E-state index in [0.717, 1.165) is 35.9 Å². The van der Waals surface area contributed by atoms with Gasteiger partial charge in [-0.05, 0) is 63.1 Å².